The summed E-state index contributed by atoms with van der Waals surface area (Å²) in [5.74, 6) is -8.46. The number of amides is 2. The minimum absolute atomic E-state index is 0.820. The number of ketones is 2. The number of nitrogens with two attached hydrogens (primary N) is 4. The molecule has 0 saturated carbocycles. The number of aliphatic carboxylic acids is 2. The van der Waals surface area contributed by atoms with Crippen molar-refractivity contribution < 1.29 is 39.0 Å². The Bertz CT molecular complexity index is 552. The van der Waals surface area contributed by atoms with Crippen LogP contribution in [0.3, 0.4) is 0 Å². The van der Waals surface area contributed by atoms with Gasteiger partial charge in [0.25, 0.3) is 0 Å². The third-order valence-corrected chi connectivity index (χ3v) is 3.24. The fourth-order valence-electron chi connectivity index (χ4n) is 1.81. The highest BCUT2D eigenvalue weighted by Gasteiger charge is 2.46. The van der Waals surface area contributed by atoms with Crippen LogP contribution in [0.4, 0.5) is 0 Å². The molecule has 0 aromatic carbocycles. The molecule has 0 rings (SSSR count). The van der Waals surface area contributed by atoms with E-state index in [0.717, 1.165) is 0 Å². The predicted octanol–water partition coefficient (Wildman–Crippen LogP) is -3.78. The first-order valence-electron chi connectivity index (χ1n) is 6.45. The molecule has 24 heavy (non-hydrogen) atoms. The number of Topliss-reactive ketones (excluding diaryl/α,β-unsaturated/α-hetero) is 2. The zero-order chi connectivity index (χ0) is 19.3. The molecule has 0 bridgehead atoms. The maximum atomic E-state index is 11.9. The van der Waals surface area contributed by atoms with Crippen molar-refractivity contribution in [2.24, 2.45) is 22.9 Å². The van der Waals surface area contributed by atoms with Gasteiger partial charge in [0.1, 0.15) is 0 Å². The lowest BCUT2D eigenvalue weighted by molar-refractivity contribution is -0.153. The monoisotopic (exact) mass is 346 g/mol. The van der Waals surface area contributed by atoms with Crippen molar-refractivity contribution in [3.8, 4) is 0 Å². The minimum atomic E-state index is -2.66. The van der Waals surface area contributed by atoms with Gasteiger partial charge in [0.15, 0.2) is 22.6 Å². The lowest BCUT2D eigenvalue weighted by atomic mass is 9.84. The summed E-state index contributed by atoms with van der Waals surface area (Å²) >= 11 is 0. The number of carbonyl (C=O) groups is 6. The summed E-state index contributed by atoms with van der Waals surface area (Å²) in [6, 6.07) is 0. The molecule has 0 aliphatic rings. The van der Waals surface area contributed by atoms with Crippen molar-refractivity contribution in [3.05, 3.63) is 0 Å². The number of hydrogen-bond acceptors (Lipinski definition) is 8. The van der Waals surface area contributed by atoms with Gasteiger partial charge in [-0.1, -0.05) is 0 Å². The van der Waals surface area contributed by atoms with E-state index in [1.165, 1.54) is 0 Å². The van der Waals surface area contributed by atoms with Gasteiger partial charge in [0.2, 0.25) is 11.8 Å². The van der Waals surface area contributed by atoms with Gasteiger partial charge in [-0.3, -0.25) is 19.2 Å². The van der Waals surface area contributed by atoms with E-state index in [1.807, 2.05) is 0 Å². The molecule has 2 atom stereocenters. The van der Waals surface area contributed by atoms with E-state index in [-0.39, 0.29) is 0 Å². The number of carbonyl (C=O) groups excluding carboxylic acids is 4. The number of rotatable bonds is 11. The molecular weight excluding hydrogens is 328 g/mol. The Morgan fingerprint density at radius 1 is 0.667 bits per heavy atom. The lowest BCUT2D eigenvalue weighted by Crippen LogP contribution is -2.59. The van der Waals surface area contributed by atoms with E-state index >= 15 is 0 Å². The zero-order valence-electron chi connectivity index (χ0n) is 12.5. The van der Waals surface area contributed by atoms with E-state index in [9.17, 15) is 28.8 Å². The van der Waals surface area contributed by atoms with Crippen LogP contribution < -0.4 is 22.9 Å². The SMILES string of the molecule is NC(=O)CC(N)(C(=O)O)C(=O)CCC(=O)C(N)(CC(N)=O)C(=O)O. The molecule has 0 heterocycles. The summed E-state index contributed by atoms with van der Waals surface area (Å²) < 4.78 is 0. The quantitative estimate of drug-likeness (QED) is 0.199. The maximum absolute atomic E-state index is 11.9. The van der Waals surface area contributed by atoms with Crippen LogP contribution in [0.5, 0.6) is 0 Å². The van der Waals surface area contributed by atoms with E-state index in [2.05, 4.69) is 0 Å². The maximum Gasteiger partial charge on any atom is 0.332 e. The fourth-order valence-corrected chi connectivity index (χ4v) is 1.81. The molecule has 0 aliphatic carbocycles. The van der Waals surface area contributed by atoms with Crippen LogP contribution in [-0.2, 0) is 28.8 Å². The third-order valence-electron chi connectivity index (χ3n) is 3.24. The lowest BCUT2D eigenvalue weighted by Gasteiger charge is -2.24. The Hall–Kier alpha value is -2.86. The van der Waals surface area contributed by atoms with E-state index in [0.29, 0.717) is 0 Å². The van der Waals surface area contributed by atoms with Gasteiger partial charge in [-0.25, -0.2) is 9.59 Å². The largest absolute Gasteiger partial charge is 0.480 e. The molecule has 0 radical (unpaired) electrons. The molecule has 0 aliphatic heterocycles. The molecule has 0 spiro atoms. The van der Waals surface area contributed by atoms with Crippen molar-refractivity contribution in [1.29, 1.82) is 0 Å². The van der Waals surface area contributed by atoms with Crippen LogP contribution in [0.15, 0.2) is 0 Å². The van der Waals surface area contributed by atoms with Gasteiger partial charge in [-0.15, -0.1) is 0 Å². The first-order chi connectivity index (χ1) is 10.8. The molecule has 2 unspecified atom stereocenters. The van der Waals surface area contributed by atoms with Crippen molar-refractivity contribution >= 4 is 35.3 Å². The molecule has 12 heteroatoms. The first-order valence-corrected chi connectivity index (χ1v) is 6.45. The summed E-state index contributed by atoms with van der Waals surface area (Å²) in [5.41, 5.74) is 15.0. The normalized spacial score (nSPS) is 15.6. The van der Waals surface area contributed by atoms with Crippen LogP contribution in [-0.4, -0.2) is 56.6 Å². The smallest absolute Gasteiger partial charge is 0.332 e. The second-order valence-corrected chi connectivity index (χ2v) is 5.19. The van der Waals surface area contributed by atoms with Crippen LogP contribution in [0, 0.1) is 0 Å². The third kappa shape index (κ3) is 4.82. The molecule has 0 fully saturated rings. The number of hydrogen-bond donors (Lipinski definition) is 6. The molecule has 0 saturated heterocycles. The van der Waals surface area contributed by atoms with E-state index in [1.54, 1.807) is 0 Å². The van der Waals surface area contributed by atoms with Crippen molar-refractivity contribution in [1.82, 2.24) is 0 Å². The molecule has 0 aromatic rings. The highest BCUT2D eigenvalue weighted by molar-refractivity contribution is 6.14. The average molecular weight is 346 g/mol. The van der Waals surface area contributed by atoms with Crippen LogP contribution in [0.2, 0.25) is 0 Å². The van der Waals surface area contributed by atoms with Gasteiger partial charge >= 0.3 is 11.9 Å². The van der Waals surface area contributed by atoms with Gasteiger partial charge in [-0.2, -0.15) is 0 Å². The Labute approximate surface area is 135 Å². The number of carboxylic acids is 2. The standard InChI is InChI=1S/C12H18N4O8/c13-7(19)3-11(15,9(21)22)5(17)1-2-6(18)12(16,10(23)24)4-8(14)20/h1-4,15-16H2,(H2,13,19)(H2,14,20)(H,21,22)(H,23,24). The molecule has 10 N–H and O–H groups in total. The molecule has 2 amide bonds. The van der Waals surface area contributed by atoms with Crippen molar-refractivity contribution in [2.75, 3.05) is 0 Å². The summed E-state index contributed by atoms with van der Waals surface area (Å²) in [4.78, 5) is 67.7. The number of carboxylic acid groups (broad SMARTS) is 2. The van der Waals surface area contributed by atoms with Gasteiger partial charge < -0.3 is 33.1 Å². The van der Waals surface area contributed by atoms with E-state index < -0.39 is 72.1 Å². The van der Waals surface area contributed by atoms with E-state index in [4.69, 9.17) is 33.1 Å². The minimum Gasteiger partial charge on any atom is -0.480 e. The summed E-state index contributed by atoms with van der Waals surface area (Å²) in [6.07, 6.45) is -3.66. The predicted molar refractivity (Wildman–Crippen MR) is 76.0 cm³/mol. The average Bonchev–Trinajstić information content (AvgIpc) is 2.41. The highest BCUT2D eigenvalue weighted by Crippen LogP contribution is 2.17. The number of primary amides is 2. The van der Waals surface area contributed by atoms with Crippen LogP contribution >= 0.6 is 0 Å². The van der Waals surface area contributed by atoms with Gasteiger partial charge in [0.05, 0.1) is 12.8 Å². The van der Waals surface area contributed by atoms with Crippen LogP contribution in [0.25, 0.3) is 0 Å². The Kier molecular flexibility index (Phi) is 6.70. The molecule has 134 valence electrons. The first kappa shape index (κ1) is 21.1. The van der Waals surface area contributed by atoms with Crippen molar-refractivity contribution in [3.63, 3.8) is 0 Å². The Morgan fingerprint density at radius 3 is 1.08 bits per heavy atom. The zero-order valence-corrected chi connectivity index (χ0v) is 12.5. The fraction of sp³-hybridized carbons (Fsp3) is 0.500. The van der Waals surface area contributed by atoms with Gasteiger partial charge in [-0.05, 0) is 0 Å². The summed E-state index contributed by atoms with van der Waals surface area (Å²) in [7, 11) is 0. The Balaban J connectivity index is 5.22. The molecule has 0 aromatic heterocycles. The van der Waals surface area contributed by atoms with Gasteiger partial charge in [0, 0.05) is 12.8 Å². The molecule has 12 nitrogen and oxygen atoms in total. The summed E-state index contributed by atoms with van der Waals surface area (Å²) in [6.45, 7) is 0. The second-order valence-electron chi connectivity index (χ2n) is 5.19. The Morgan fingerprint density at radius 2 is 0.917 bits per heavy atom. The molecular formula is C12H18N4O8. The van der Waals surface area contributed by atoms with Crippen molar-refractivity contribution in [2.45, 2.75) is 36.8 Å². The van der Waals surface area contributed by atoms with Crippen LogP contribution in [0.1, 0.15) is 25.7 Å². The topological polar surface area (TPSA) is 247 Å². The summed E-state index contributed by atoms with van der Waals surface area (Å²) in [5, 5.41) is 17.9. The highest BCUT2D eigenvalue weighted by atomic mass is 16.4. The second kappa shape index (κ2) is 7.61.